The van der Waals surface area contributed by atoms with Crippen LogP contribution in [0, 0.1) is 13.8 Å². The van der Waals surface area contributed by atoms with Gasteiger partial charge in [0.25, 0.3) is 10.1 Å². The Bertz CT molecular complexity index is 1180. The molecule has 0 saturated heterocycles. The normalized spacial score (nSPS) is 11.6. The third kappa shape index (κ3) is 6.86. The number of anilines is 2. The second-order valence-corrected chi connectivity index (χ2v) is 10.5. The monoisotopic (exact) mass is 494 g/mol. The average molecular weight is 495 g/mol. The van der Waals surface area contributed by atoms with E-state index in [0.717, 1.165) is 72.4 Å². The van der Waals surface area contributed by atoms with E-state index in [9.17, 15) is 13.0 Å². The molecule has 5 nitrogen and oxygen atoms in total. The predicted octanol–water partition coefficient (Wildman–Crippen LogP) is 7.15. The molecule has 0 heterocycles. The predicted molar refractivity (Wildman–Crippen MR) is 146 cm³/mol. The largest absolute Gasteiger partial charge is 0.385 e. The smallest absolute Gasteiger partial charge is 0.294 e. The Morgan fingerprint density at radius 2 is 1.26 bits per heavy atom. The molecule has 0 atom stereocenters. The van der Waals surface area contributed by atoms with E-state index in [-0.39, 0.29) is 10.8 Å². The number of hydrogen-bond acceptors (Lipinski definition) is 4. The Morgan fingerprint density at radius 1 is 0.771 bits per heavy atom. The summed E-state index contributed by atoms with van der Waals surface area (Å²) in [6.45, 7) is 10.3. The fraction of sp³-hybridized carbons (Fsp3) is 0.379. The zero-order valence-electron chi connectivity index (χ0n) is 21.3. The first-order valence-electron chi connectivity index (χ1n) is 12.5. The molecule has 0 radical (unpaired) electrons. The van der Waals surface area contributed by atoms with Crippen LogP contribution >= 0.6 is 0 Å². The summed E-state index contributed by atoms with van der Waals surface area (Å²) in [5.41, 5.74) is 6.88. The van der Waals surface area contributed by atoms with Crippen LogP contribution in [0.5, 0.6) is 0 Å². The molecule has 0 aromatic heterocycles. The SMILES string of the molecule is CCCCNc1ccc(C(c2ccc(NCCCC)c(C)c2)c2ccccc2S(=O)(=O)O)cc1C. The van der Waals surface area contributed by atoms with Gasteiger partial charge in [0.1, 0.15) is 0 Å². The molecule has 0 spiro atoms. The van der Waals surface area contributed by atoms with Crippen LogP contribution in [0.4, 0.5) is 11.4 Å². The highest BCUT2D eigenvalue weighted by Crippen LogP contribution is 2.38. The van der Waals surface area contributed by atoms with E-state index in [1.807, 2.05) is 6.07 Å². The van der Waals surface area contributed by atoms with Gasteiger partial charge in [-0.05, 0) is 72.7 Å². The molecule has 3 aromatic carbocycles. The Kier molecular flexibility index (Phi) is 9.35. The van der Waals surface area contributed by atoms with Crippen LogP contribution in [0.3, 0.4) is 0 Å². The molecule has 0 aliphatic heterocycles. The van der Waals surface area contributed by atoms with Crippen molar-refractivity contribution in [1.82, 2.24) is 0 Å². The highest BCUT2D eigenvalue weighted by Gasteiger charge is 2.25. The van der Waals surface area contributed by atoms with Gasteiger partial charge in [0, 0.05) is 30.4 Å². The molecule has 0 aliphatic carbocycles. The van der Waals surface area contributed by atoms with Crippen LogP contribution < -0.4 is 10.6 Å². The fourth-order valence-electron chi connectivity index (χ4n) is 4.43. The van der Waals surface area contributed by atoms with Gasteiger partial charge in [0.2, 0.25) is 0 Å². The van der Waals surface area contributed by atoms with Crippen LogP contribution in [-0.4, -0.2) is 26.1 Å². The van der Waals surface area contributed by atoms with Gasteiger partial charge < -0.3 is 10.6 Å². The quantitative estimate of drug-likeness (QED) is 0.141. The lowest BCUT2D eigenvalue weighted by Gasteiger charge is -2.23. The second-order valence-electron chi connectivity index (χ2n) is 9.16. The number of rotatable bonds is 12. The molecule has 3 aromatic rings. The molecule has 3 rings (SSSR count). The van der Waals surface area contributed by atoms with Crippen LogP contribution in [0.2, 0.25) is 0 Å². The topological polar surface area (TPSA) is 78.4 Å². The molecule has 0 bridgehead atoms. The summed E-state index contributed by atoms with van der Waals surface area (Å²) in [7, 11) is -4.39. The van der Waals surface area contributed by atoms with Crippen molar-refractivity contribution in [2.75, 3.05) is 23.7 Å². The minimum atomic E-state index is -4.39. The lowest BCUT2D eigenvalue weighted by Crippen LogP contribution is -2.12. The maximum Gasteiger partial charge on any atom is 0.294 e. The van der Waals surface area contributed by atoms with E-state index in [1.54, 1.807) is 12.1 Å². The zero-order chi connectivity index (χ0) is 25.4. The number of aryl methyl sites for hydroxylation is 2. The first-order chi connectivity index (χ1) is 16.8. The maximum atomic E-state index is 12.3. The van der Waals surface area contributed by atoms with Crippen molar-refractivity contribution in [3.05, 3.63) is 88.5 Å². The Hall–Kier alpha value is -2.83. The zero-order valence-corrected chi connectivity index (χ0v) is 22.1. The molecule has 0 amide bonds. The van der Waals surface area contributed by atoms with Gasteiger partial charge in [-0.15, -0.1) is 0 Å². The standard InChI is InChI=1S/C29H38N2O3S/c1-5-7-17-30-26-15-13-23(19-21(26)3)29(25-11-9-10-12-28(25)35(32,33)34)24-14-16-27(22(4)20-24)31-18-8-6-2/h9-16,19-20,29-31H,5-8,17-18H2,1-4H3,(H,32,33,34). The Balaban J connectivity index is 2.10. The van der Waals surface area contributed by atoms with E-state index in [2.05, 4.69) is 74.7 Å². The number of benzene rings is 3. The van der Waals surface area contributed by atoms with Crippen molar-refractivity contribution >= 4 is 21.5 Å². The summed E-state index contributed by atoms with van der Waals surface area (Å²) in [6.07, 6.45) is 4.45. The molecule has 0 aliphatic rings. The van der Waals surface area contributed by atoms with Crippen molar-refractivity contribution in [3.63, 3.8) is 0 Å². The lowest BCUT2D eigenvalue weighted by molar-refractivity contribution is 0.482. The van der Waals surface area contributed by atoms with E-state index < -0.39 is 10.1 Å². The average Bonchev–Trinajstić information content (AvgIpc) is 2.82. The number of hydrogen-bond donors (Lipinski definition) is 3. The first-order valence-corrected chi connectivity index (χ1v) is 14.0. The number of nitrogens with one attached hydrogen (secondary N) is 2. The highest BCUT2D eigenvalue weighted by molar-refractivity contribution is 7.85. The summed E-state index contributed by atoms with van der Waals surface area (Å²) < 4.78 is 34.6. The second kappa shape index (κ2) is 12.2. The van der Waals surface area contributed by atoms with Crippen molar-refractivity contribution < 1.29 is 13.0 Å². The van der Waals surface area contributed by atoms with Gasteiger partial charge in [0.15, 0.2) is 0 Å². The summed E-state index contributed by atoms with van der Waals surface area (Å²) in [4.78, 5) is -0.0596. The molecule has 35 heavy (non-hydrogen) atoms. The summed E-state index contributed by atoms with van der Waals surface area (Å²) in [5.74, 6) is -0.347. The molecular formula is C29H38N2O3S. The van der Waals surface area contributed by atoms with Crippen molar-refractivity contribution in [2.45, 2.75) is 64.2 Å². The van der Waals surface area contributed by atoms with E-state index in [1.165, 1.54) is 6.07 Å². The van der Waals surface area contributed by atoms with E-state index >= 15 is 0 Å². The molecule has 0 fully saturated rings. The van der Waals surface area contributed by atoms with Crippen LogP contribution in [0.1, 0.15) is 73.3 Å². The third-order valence-electron chi connectivity index (χ3n) is 6.37. The van der Waals surface area contributed by atoms with Gasteiger partial charge in [0.05, 0.1) is 4.90 Å². The van der Waals surface area contributed by atoms with E-state index in [4.69, 9.17) is 0 Å². The van der Waals surface area contributed by atoms with E-state index in [0.29, 0.717) is 5.56 Å². The summed E-state index contributed by atoms with van der Waals surface area (Å²) >= 11 is 0. The van der Waals surface area contributed by atoms with Gasteiger partial charge >= 0.3 is 0 Å². The Labute approximate surface area is 210 Å². The fourth-order valence-corrected chi connectivity index (χ4v) is 5.17. The molecule has 0 saturated carbocycles. The lowest BCUT2D eigenvalue weighted by atomic mass is 9.83. The molecule has 0 unspecified atom stereocenters. The number of unbranched alkanes of at least 4 members (excludes halogenated alkanes) is 2. The molecule has 3 N–H and O–H groups in total. The van der Waals surface area contributed by atoms with Crippen molar-refractivity contribution in [2.24, 2.45) is 0 Å². The van der Waals surface area contributed by atoms with Gasteiger partial charge in [-0.1, -0.05) is 69.2 Å². The summed E-state index contributed by atoms with van der Waals surface area (Å²) in [5, 5.41) is 6.98. The third-order valence-corrected chi connectivity index (χ3v) is 7.29. The summed E-state index contributed by atoms with van der Waals surface area (Å²) in [6, 6.07) is 19.2. The first kappa shape index (κ1) is 26.8. The Morgan fingerprint density at radius 3 is 1.69 bits per heavy atom. The van der Waals surface area contributed by atoms with Crippen molar-refractivity contribution in [3.8, 4) is 0 Å². The maximum absolute atomic E-state index is 12.3. The molecule has 188 valence electrons. The minimum absolute atomic E-state index is 0.0596. The van der Waals surface area contributed by atoms with Crippen LogP contribution in [-0.2, 0) is 10.1 Å². The van der Waals surface area contributed by atoms with Gasteiger partial charge in [-0.25, -0.2) is 0 Å². The van der Waals surface area contributed by atoms with Crippen LogP contribution in [0.25, 0.3) is 0 Å². The van der Waals surface area contributed by atoms with Crippen molar-refractivity contribution in [1.29, 1.82) is 0 Å². The molecule has 6 heteroatoms. The van der Waals surface area contributed by atoms with Gasteiger partial charge in [-0.3, -0.25) is 4.55 Å². The minimum Gasteiger partial charge on any atom is -0.385 e. The van der Waals surface area contributed by atoms with Gasteiger partial charge in [-0.2, -0.15) is 8.42 Å². The molecular weight excluding hydrogens is 456 g/mol. The van der Waals surface area contributed by atoms with Crippen LogP contribution in [0.15, 0.2) is 65.6 Å². The highest BCUT2D eigenvalue weighted by atomic mass is 32.2.